The first-order valence-corrected chi connectivity index (χ1v) is 0. The molecule has 0 saturated heterocycles. The summed E-state index contributed by atoms with van der Waals surface area (Å²) in [5.74, 6) is 0. The Hall–Kier alpha value is 1.32. The van der Waals surface area contributed by atoms with Crippen molar-refractivity contribution in [1.29, 1.82) is 0 Å². The fourth-order valence-electron chi connectivity index (χ4n) is 0. The third-order valence-corrected chi connectivity index (χ3v) is 0. The van der Waals surface area contributed by atoms with Crippen molar-refractivity contribution in [1.82, 2.24) is 6.15 Å². The molecule has 6 heteroatoms. The van der Waals surface area contributed by atoms with E-state index in [0.717, 1.165) is 0 Å². The van der Waals surface area contributed by atoms with E-state index < -0.39 is 0 Å². The quantitative estimate of drug-likeness (QED) is 0.261. The molecule has 0 bridgehead atoms. The zero-order valence-electron chi connectivity index (χ0n) is 3.31. The fourth-order valence-corrected chi connectivity index (χ4v) is 0. The molecule has 0 heterocycles. The molecule has 6 heavy (non-hydrogen) atoms. The first-order chi connectivity index (χ1) is 0. The second-order valence-electron chi connectivity index (χ2n) is 0. The maximum Gasteiger partial charge on any atom is 1.00 e. The summed E-state index contributed by atoms with van der Waals surface area (Å²) < 4.78 is 0. The van der Waals surface area contributed by atoms with E-state index in [2.05, 4.69) is 0 Å². The molecule has 1 nitrogen and oxygen atoms in total. The normalized spacial score (nSPS) is 0. The molecule has 0 aromatic rings. The maximum absolute atomic E-state index is 0. The van der Waals surface area contributed by atoms with Crippen LogP contribution in [0.1, 0.15) is 0 Å². The van der Waals surface area contributed by atoms with Gasteiger partial charge in [-0.3, -0.25) is 14.1 Å². The SMILES string of the molecule is F.F.F.N.[F-].[K+]. The van der Waals surface area contributed by atoms with Crippen LogP contribution < -0.4 is 62.2 Å². The van der Waals surface area contributed by atoms with E-state index >= 15 is 0 Å². The van der Waals surface area contributed by atoms with Crippen LogP contribution in [-0.4, -0.2) is 0 Å². The molecule has 0 saturated carbocycles. The third kappa shape index (κ3) is 57.2. The summed E-state index contributed by atoms with van der Waals surface area (Å²) in [5.41, 5.74) is 0. The largest absolute Gasteiger partial charge is 1.00 e. The molecule has 0 fully saturated rings. The number of hydrogen-bond acceptors (Lipinski definition) is 1. The summed E-state index contributed by atoms with van der Waals surface area (Å²) in [4.78, 5) is 0. The average molecular weight is 135 g/mol. The van der Waals surface area contributed by atoms with E-state index in [4.69, 9.17) is 0 Å². The Kier molecular flexibility index (Phi) is 2890. The van der Waals surface area contributed by atoms with Gasteiger partial charge in [0, 0.05) is 0 Å². The van der Waals surface area contributed by atoms with Crippen LogP contribution in [0.5, 0.6) is 0 Å². The van der Waals surface area contributed by atoms with E-state index in [1.807, 2.05) is 0 Å². The minimum atomic E-state index is 0. The summed E-state index contributed by atoms with van der Waals surface area (Å²) >= 11 is 0. The summed E-state index contributed by atoms with van der Waals surface area (Å²) in [5, 5.41) is 0. The number of rotatable bonds is 0. The van der Waals surface area contributed by atoms with E-state index in [9.17, 15) is 0 Å². The molecule has 0 aromatic carbocycles. The van der Waals surface area contributed by atoms with Crippen molar-refractivity contribution in [2.45, 2.75) is 0 Å². The van der Waals surface area contributed by atoms with Gasteiger partial charge in [-0.2, -0.15) is 0 Å². The average Bonchev–Trinajstić information content (AvgIpc) is 0. The van der Waals surface area contributed by atoms with Crippen LogP contribution in [-0.2, 0) is 0 Å². The summed E-state index contributed by atoms with van der Waals surface area (Å²) in [6, 6.07) is 0. The van der Waals surface area contributed by atoms with Crippen LogP contribution in [0.25, 0.3) is 0 Å². The number of halogens is 4. The Bertz CT molecular complexity index is 7.51. The van der Waals surface area contributed by atoms with Gasteiger partial charge in [0.15, 0.2) is 0 Å². The van der Waals surface area contributed by atoms with Gasteiger partial charge in [-0.25, -0.2) is 0 Å². The zero-order chi connectivity index (χ0) is 0. The molecule has 0 unspecified atom stereocenters. The molecule has 3 N–H and O–H groups in total. The first-order valence-electron chi connectivity index (χ1n) is 0. The molecular formula is H6F4KN. The Labute approximate surface area is 75.3 Å². The van der Waals surface area contributed by atoms with Gasteiger partial charge in [-0.05, 0) is 0 Å². The second-order valence-corrected chi connectivity index (χ2v) is 0. The molecule has 0 atom stereocenters. The van der Waals surface area contributed by atoms with Gasteiger partial charge in [0.25, 0.3) is 0 Å². The van der Waals surface area contributed by atoms with Crippen molar-refractivity contribution in [3.8, 4) is 0 Å². The minimum absolute atomic E-state index is 0. The predicted molar refractivity (Wildman–Crippen MR) is 12.5 cm³/mol. The van der Waals surface area contributed by atoms with E-state index in [1.54, 1.807) is 0 Å². The van der Waals surface area contributed by atoms with Crippen LogP contribution in [0, 0.1) is 0 Å². The maximum atomic E-state index is 0. The molecule has 0 amide bonds. The van der Waals surface area contributed by atoms with Crippen LogP contribution >= 0.6 is 0 Å². The van der Waals surface area contributed by atoms with E-state index in [0.29, 0.717) is 0 Å². The summed E-state index contributed by atoms with van der Waals surface area (Å²) in [7, 11) is 0. The minimum Gasteiger partial charge on any atom is -1.00 e. The first kappa shape index (κ1) is 168. The van der Waals surface area contributed by atoms with Gasteiger partial charge in [0.05, 0.1) is 0 Å². The van der Waals surface area contributed by atoms with Gasteiger partial charge in [-0.1, -0.05) is 0 Å². The van der Waals surface area contributed by atoms with Crippen molar-refractivity contribution >= 4 is 0 Å². The predicted octanol–water partition coefficient (Wildman–Crippen LogP) is -5.37. The Morgan fingerprint density at radius 3 is 0.667 bits per heavy atom. The summed E-state index contributed by atoms with van der Waals surface area (Å²) in [6.07, 6.45) is 0. The van der Waals surface area contributed by atoms with Gasteiger partial charge >= 0.3 is 51.4 Å². The van der Waals surface area contributed by atoms with Crippen molar-refractivity contribution < 1.29 is 70.2 Å². The van der Waals surface area contributed by atoms with Crippen molar-refractivity contribution in [2.24, 2.45) is 0 Å². The van der Waals surface area contributed by atoms with Gasteiger partial charge < -0.3 is 10.9 Å². The molecular weight excluding hydrogens is 129 g/mol. The molecule has 0 aliphatic rings. The molecule has 0 aromatic heterocycles. The van der Waals surface area contributed by atoms with E-state index in [-0.39, 0.29) is 76.4 Å². The third-order valence-electron chi connectivity index (χ3n) is 0. The topological polar surface area (TPSA) is 35.0 Å². The molecule has 0 spiro atoms. The van der Waals surface area contributed by atoms with Crippen molar-refractivity contribution in [3.05, 3.63) is 0 Å². The fraction of sp³-hybridized carbons (Fsp3) is 0. The molecule has 0 aliphatic carbocycles. The number of hydrogen-bond donors (Lipinski definition) is 1. The van der Waals surface area contributed by atoms with Gasteiger partial charge in [0.2, 0.25) is 0 Å². The van der Waals surface area contributed by atoms with Crippen LogP contribution in [0.2, 0.25) is 0 Å². The zero-order valence-corrected chi connectivity index (χ0v) is 6.43. The monoisotopic (exact) mass is 135 g/mol. The Balaban J connectivity index is 0. The standard InChI is InChI=1S/4FH.K.H3N/h4*1H;;1H3/q;;;;+1;/p-1. The molecule has 0 rings (SSSR count). The van der Waals surface area contributed by atoms with Crippen LogP contribution in [0.4, 0.5) is 14.1 Å². The summed E-state index contributed by atoms with van der Waals surface area (Å²) in [6.45, 7) is 0. The molecule has 0 radical (unpaired) electrons. The Morgan fingerprint density at radius 1 is 0.667 bits per heavy atom. The molecule has 0 aliphatic heterocycles. The Morgan fingerprint density at radius 2 is 0.667 bits per heavy atom. The van der Waals surface area contributed by atoms with Gasteiger partial charge in [-0.15, -0.1) is 0 Å². The molecule has 40 valence electrons. The van der Waals surface area contributed by atoms with Crippen LogP contribution in [0.3, 0.4) is 0 Å². The van der Waals surface area contributed by atoms with Crippen molar-refractivity contribution in [3.63, 3.8) is 0 Å². The van der Waals surface area contributed by atoms with Crippen molar-refractivity contribution in [2.75, 3.05) is 0 Å². The smallest absolute Gasteiger partial charge is 1.00 e. The van der Waals surface area contributed by atoms with Gasteiger partial charge in [0.1, 0.15) is 0 Å². The van der Waals surface area contributed by atoms with Crippen LogP contribution in [0.15, 0.2) is 0 Å². The second kappa shape index (κ2) is 103. The van der Waals surface area contributed by atoms with E-state index in [1.165, 1.54) is 0 Å².